The molecule has 30 heavy (non-hydrogen) atoms. The summed E-state index contributed by atoms with van der Waals surface area (Å²) in [5.41, 5.74) is 2.30. The molecule has 0 unspecified atom stereocenters. The highest BCUT2D eigenvalue weighted by Crippen LogP contribution is 2.24. The maximum atomic E-state index is 12.8. The monoisotopic (exact) mass is 429 g/mol. The number of hydrogen-bond acceptors (Lipinski definition) is 6. The predicted molar refractivity (Wildman–Crippen MR) is 113 cm³/mol. The summed E-state index contributed by atoms with van der Waals surface area (Å²) in [6.45, 7) is 6.70. The number of carbonyl (C=O) groups excluding carboxylic acids is 1. The van der Waals surface area contributed by atoms with E-state index in [0.717, 1.165) is 0 Å². The molecule has 158 valence electrons. The van der Waals surface area contributed by atoms with Crippen LogP contribution in [0.5, 0.6) is 0 Å². The summed E-state index contributed by atoms with van der Waals surface area (Å²) in [6.07, 6.45) is 3.32. The van der Waals surface area contributed by atoms with Crippen molar-refractivity contribution in [3.63, 3.8) is 0 Å². The van der Waals surface area contributed by atoms with Gasteiger partial charge in [-0.15, -0.1) is 0 Å². The Labute approximate surface area is 175 Å². The largest absolute Gasteiger partial charge is 0.465 e. The molecule has 0 saturated carbocycles. The average Bonchev–Trinajstić information content (AvgIpc) is 3.25. The number of sulfonamides is 1. The van der Waals surface area contributed by atoms with E-state index < -0.39 is 10.0 Å². The SMILES string of the molecule is CC(=O)Nc1c(C)noc1/C=C\c1ccc(C)c(S(=O)(=O)NCc2ccc(C)o2)c1. The minimum absolute atomic E-state index is 0.0626. The van der Waals surface area contributed by atoms with Crippen LogP contribution in [0.25, 0.3) is 12.2 Å². The summed E-state index contributed by atoms with van der Waals surface area (Å²) in [4.78, 5) is 11.5. The molecule has 0 bridgehead atoms. The zero-order valence-corrected chi connectivity index (χ0v) is 18.0. The van der Waals surface area contributed by atoms with Crippen LogP contribution in [0.4, 0.5) is 5.69 Å². The molecular weight excluding hydrogens is 406 g/mol. The highest BCUT2D eigenvalue weighted by Gasteiger charge is 2.18. The van der Waals surface area contributed by atoms with Crippen LogP contribution in [0.2, 0.25) is 0 Å². The number of hydrogen-bond donors (Lipinski definition) is 2. The van der Waals surface area contributed by atoms with E-state index in [-0.39, 0.29) is 17.3 Å². The number of aromatic nitrogens is 1. The Hall–Kier alpha value is -3.17. The summed E-state index contributed by atoms with van der Waals surface area (Å²) in [7, 11) is -3.74. The summed E-state index contributed by atoms with van der Waals surface area (Å²) >= 11 is 0. The molecule has 0 aliphatic carbocycles. The Morgan fingerprint density at radius 2 is 1.90 bits per heavy atom. The van der Waals surface area contributed by atoms with E-state index in [1.54, 1.807) is 63.3 Å². The Morgan fingerprint density at radius 3 is 2.57 bits per heavy atom. The van der Waals surface area contributed by atoms with Crippen LogP contribution in [0.15, 0.2) is 44.2 Å². The van der Waals surface area contributed by atoms with Gasteiger partial charge >= 0.3 is 0 Å². The second kappa shape index (κ2) is 8.68. The lowest BCUT2D eigenvalue weighted by atomic mass is 10.1. The lowest BCUT2D eigenvalue weighted by Crippen LogP contribution is -2.23. The number of carbonyl (C=O) groups is 1. The van der Waals surface area contributed by atoms with Gasteiger partial charge in [-0.25, -0.2) is 13.1 Å². The van der Waals surface area contributed by atoms with Gasteiger partial charge < -0.3 is 14.3 Å². The van der Waals surface area contributed by atoms with Gasteiger partial charge in [0.05, 0.1) is 11.4 Å². The number of benzene rings is 1. The standard InChI is InChI=1S/C21H23N3O5S/c1-13-5-7-17(8-10-19-21(23-16(4)25)15(3)24-29-19)11-20(13)30(26,27)22-12-18-9-6-14(2)28-18/h5-11,22H,12H2,1-4H3,(H,23,25)/b10-8-. The lowest BCUT2D eigenvalue weighted by molar-refractivity contribution is -0.114. The van der Waals surface area contributed by atoms with Crippen LogP contribution in [0.1, 0.15) is 41.0 Å². The van der Waals surface area contributed by atoms with Gasteiger partial charge in [-0.3, -0.25) is 4.79 Å². The van der Waals surface area contributed by atoms with Crippen molar-refractivity contribution in [3.05, 3.63) is 64.4 Å². The number of amides is 1. The molecule has 3 rings (SSSR count). The van der Waals surface area contributed by atoms with E-state index in [9.17, 15) is 13.2 Å². The van der Waals surface area contributed by atoms with Crippen LogP contribution in [0.3, 0.4) is 0 Å². The zero-order chi connectivity index (χ0) is 21.9. The van der Waals surface area contributed by atoms with Gasteiger partial charge in [0.25, 0.3) is 0 Å². The molecule has 0 radical (unpaired) electrons. The van der Waals surface area contributed by atoms with Crippen molar-refractivity contribution in [2.24, 2.45) is 0 Å². The van der Waals surface area contributed by atoms with Crippen molar-refractivity contribution in [2.45, 2.75) is 39.1 Å². The molecule has 0 saturated heterocycles. The summed E-state index contributed by atoms with van der Waals surface area (Å²) in [6, 6.07) is 8.60. The zero-order valence-electron chi connectivity index (χ0n) is 17.1. The van der Waals surface area contributed by atoms with Gasteiger partial charge in [0, 0.05) is 6.92 Å². The minimum atomic E-state index is -3.74. The molecule has 2 aromatic heterocycles. The van der Waals surface area contributed by atoms with Gasteiger partial charge in [0.1, 0.15) is 22.9 Å². The summed E-state index contributed by atoms with van der Waals surface area (Å²) < 4.78 is 38.8. The molecule has 8 nitrogen and oxygen atoms in total. The molecule has 0 atom stereocenters. The molecule has 0 spiro atoms. The molecule has 0 aliphatic heterocycles. The average molecular weight is 429 g/mol. The van der Waals surface area contributed by atoms with Crippen molar-refractivity contribution in [1.82, 2.24) is 9.88 Å². The second-order valence-corrected chi connectivity index (χ2v) is 8.62. The molecule has 9 heteroatoms. The number of nitrogens with zero attached hydrogens (tertiary/aromatic N) is 1. The van der Waals surface area contributed by atoms with Crippen molar-refractivity contribution >= 4 is 33.8 Å². The summed E-state index contributed by atoms with van der Waals surface area (Å²) in [5, 5.41) is 6.53. The number of rotatable bonds is 7. The summed E-state index contributed by atoms with van der Waals surface area (Å²) in [5.74, 6) is 1.39. The molecule has 1 amide bonds. The van der Waals surface area contributed by atoms with E-state index in [1.165, 1.54) is 6.92 Å². The quantitative estimate of drug-likeness (QED) is 0.590. The van der Waals surface area contributed by atoms with Crippen molar-refractivity contribution in [3.8, 4) is 0 Å². The number of anilines is 1. The third-order valence-electron chi connectivity index (χ3n) is 4.35. The Morgan fingerprint density at radius 1 is 1.13 bits per heavy atom. The first-order chi connectivity index (χ1) is 14.2. The van der Waals surface area contributed by atoms with Crippen molar-refractivity contribution in [1.29, 1.82) is 0 Å². The Balaban J connectivity index is 1.83. The van der Waals surface area contributed by atoms with Gasteiger partial charge in [-0.2, -0.15) is 0 Å². The van der Waals surface area contributed by atoms with Crippen LogP contribution < -0.4 is 10.0 Å². The van der Waals surface area contributed by atoms with Crippen LogP contribution in [-0.4, -0.2) is 19.5 Å². The van der Waals surface area contributed by atoms with Gasteiger partial charge in [-0.05, 0) is 56.2 Å². The molecule has 1 aromatic carbocycles. The Kier molecular flexibility index (Phi) is 6.23. The predicted octanol–water partition coefficient (Wildman–Crippen LogP) is 3.80. The fraction of sp³-hybridized carbons (Fsp3) is 0.238. The van der Waals surface area contributed by atoms with E-state index in [2.05, 4.69) is 15.2 Å². The second-order valence-electron chi connectivity index (χ2n) is 6.88. The molecule has 3 aromatic rings. The molecule has 0 fully saturated rings. The first kappa shape index (κ1) is 21.5. The number of nitrogens with one attached hydrogen (secondary N) is 2. The third-order valence-corrected chi connectivity index (χ3v) is 5.89. The molecule has 0 aliphatic rings. The number of aryl methyl sites for hydroxylation is 3. The highest BCUT2D eigenvalue weighted by atomic mass is 32.2. The lowest BCUT2D eigenvalue weighted by Gasteiger charge is -2.09. The van der Waals surface area contributed by atoms with Gasteiger partial charge in [-0.1, -0.05) is 23.4 Å². The normalized spacial score (nSPS) is 11.9. The van der Waals surface area contributed by atoms with E-state index in [4.69, 9.17) is 8.94 Å². The molecule has 2 heterocycles. The first-order valence-electron chi connectivity index (χ1n) is 9.23. The first-order valence-corrected chi connectivity index (χ1v) is 10.7. The van der Waals surface area contributed by atoms with E-state index in [1.807, 2.05) is 0 Å². The van der Waals surface area contributed by atoms with Crippen LogP contribution in [-0.2, 0) is 21.4 Å². The minimum Gasteiger partial charge on any atom is -0.465 e. The van der Waals surface area contributed by atoms with Crippen molar-refractivity contribution < 1.29 is 22.2 Å². The fourth-order valence-corrected chi connectivity index (χ4v) is 4.11. The van der Waals surface area contributed by atoms with Crippen molar-refractivity contribution in [2.75, 3.05) is 5.32 Å². The molecular formula is C21H23N3O5S. The van der Waals surface area contributed by atoms with Crippen LogP contribution in [0, 0.1) is 20.8 Å². The fourth-order valence-electron chi connectivity index (χ4n) is 2.83. The smallest absolute Gasteiger partial charge is 0.241 e. The Bertz CT molecular complexity index is 1210. The number of furan rings is 1. The van der Waals surface area contributed by atoms with E-state index >= 15 is 0 Å². The van der Waals surface area contributed by atoms with Crippen LogP contribution >= 0.6 is 0 Å². The molecule has 2 N–H and O–H groups in total. The maximum absolute atomic E-state index is 12.8. The van der Waals surface area contributed by atoms with Gasteiger partial charge in [0.15, 0.2) is 5.76 Å². The highest BCUT2D eigenvalue weighted by molar-refractivity contribution is 7.89. The van der Waals surface area contributed by atoms with Gasteiger partial charge in [0.2, 0.25) is 15.9 Å². The van der Waals surface area contributed by atoms with E-state index in [0.29, 0.717) is 39.8 Å². The maximum Gasteiger partial charge on any atom is 0.241 e. The topological polar surface area (TPSA) is 114 Å². The third kappa shape index (κ3) is 5.05.